The van der Waals surface area contributed by atoms with Gasteiger partial charge in [-0.2, -0.15) is 9.78 Å². The third kappa shape index (κ3) is 4.92. The maximum Gasteiger partial charge on any atom is 0.330 e. The molecule has 0 amide bonds. The van der Waals surface area contributed by atoms with Gasteiger partial charge in [-0.1, -0.05) is 47.1 Å². The number of esters is 1. The minimum atomic E-state index is -0.553. The molecule has 2 aromatic heterocycles. The van der Waals surface area contributed by atoms with Gasteiger partial charge >= 0.3 is 5.97 Å². The lowest BCUT2D eigenvalue weighted by Crippen LogP contribution is -2.16. The quantitative estimate of drug-likeness (QED) is 0.396. The topological polar surface area (TPSA) is 118 Å². The second kappa shape index (κ2) is 9.16. The number of nitrogens with zero attached hydrogens (tertiary/aromatic N) is 6. The van der Waals surface area contributed by atoms with Crippen molar-refractivity contribution >= 4 is 5.97 Å². The molecule has 0 saturated carbocycles. The Hall–Kier alpha value is -4.08. The van der Waals surface area contributed by atoms with E-state index < -0.39 is 5.97 Å². The van der Waals surface area contributed by atoms with E-state index in [9.17, 15) is 4.79 Å². The van der Waals surface area contributed by atoms with Crippen molar-refractivity contribution in [2.24, 2.45) is 0 Å². The Kier molecular flexibility index (Phi) is 5.97. The zero-order valence-electron chi connectivity index (χ0n) is 17.1. The zero-order valence-corrected chi connectivity index (χ0v) is 17.1. The van der Waals surface area contributed by atoms with Gasteiger partial charge in [0.1, 0.15) is 5.75 Å². The van der Waals surface area contributed by atoms with Crippen LogP contribution >= 0.6 is 0 Å². The number of carbonyl (C=O) groups is 1. The summed E-state index contributed by atoms with van der Waals surface area (Å²) in [5.41, 5.74) is 2.64. The largest absolute Gasteiger partial charge is 0.493 e. The van der Waals surface area contributed by atoms with Crippen LogP contribution in [-0.2, 0) is 22.7 Å². The Labute approximate surface area is 177 Å². The van der Waals surface area contributed by atoms with Crippen LogP contribution in [0.1, 0.15) is 18.4 Å². The van der Waals surface area contributed by atoms with Crippen molar-refractivity contribution in [3.63, 3.8) is 0 Å². The van der Waals surface area contributed by atoms with Crippen LogP contribution in [0.4, 0.5) is 0 Å². The fourth-order valence-electron chi connectivity index (χ4n) is 2.79. The summed E-state index contributed by atoms with van der Waals surface area (Å²) in [4.78, 5) is 17.6. The van der Waals surface area contributed by atoms with Crippen molar-refractivity contribution < 1.29 is 18.8 Å². The second-order valence-electron chi connectivity index (χ2n) is 6.61. The second-order valence-corrected chi connectivity index (χ2v) is 6.61. The van der Waals surface area contributed by atoms with Crippen molar-refractivity contribution in [1.29, 1.82) is 0 Å². The summed E-state index contributed by atoms with van der Waals surface area (Å²) in [6.07, 6.45) is 0. The summed E-state index contributed by atoms with van der Waals surface area (Å²) in [6, 6.07) is 15.1. The lowest BCUT2D eigenvalue weighted by atomic mass is 10.1. The average molecular weight is 420 g/mol. The minimum Gasteiger partial charge on any atom is -0.493 e. The summed E-state index contributed by atoms with van der Waals surface area (Å²) >= 11 is 0. The number of rotatable bonds is 8. The van der Waals surface area contributed by atoms with Crippen LogP contribution in [0, 0.1) is 6.92 Å². The molecule has 0 saturated heterocycles. The highest BCUT2D eigenvalue weighted by Gasteiger charge is 2.15. The monoisotopic (exact) mass is 420 g/mol. The molecule has 31 heavy (non-hydrogen) atoms. The SMILES string of the molecule is CCOc1ccccc1-c1noc(COC(=O)Cn2nnc(-c3ccc(C)cc3)n2)n1. The summed E-state index contributed by atoms with van der Waals surface area (Å²) in [7, 11) is 0. The maximum atomic E-state index is 12.1. The van der Waals surface area contributed by atoms with Crippen molar-refractivity contribution in [2.45, 2.75) is 27.0 Å². The standard InChI is InChI=1S/C21H20N6O4/c1-3-29-17-7-5-4-6-16(17)21-22-18(31-25-21)13-30-19(28)12-27-24-20(23-26-27)15-10-8-14(2)9-11-15/h4-11H,3,12-13H2,1-2H3. The molecule has 0 fully saturated rings. The number of tetrazole rings is 1. The molecule has 4 aromatic rings. The lowest BCUT2D eigenvalue weighted by Gasteiger charge is -2.06. The third-order valence-corrected chi connectivity index (χ3v) is 4.29. The lowest BCUT2D eigenvalue weighted by molar-refractivity contribution is -0.147. The van der Waals surface area contributed by atoms with Crippen LogP contribution in [0.15, 0.2) is 53.1 Å². The van der Waals surface area contributed by atoms with Crippen LogP contribution in [0.5, 0.6) is 5.75 Å². The Morgan fingerprint density at radius 1 is 1.10 bits per heavy atom. The van der Waals surface area contributed by atoms with Crippen LogP contribution in [0.2, 0.25) is 0 Å². The van der Waals surface area contributed by atoms with E-state index in [1.165, 1.54) is 4.80 Å². The molecule has 0 aliphatic rings. The van der Waals surface area contributed by atoms with Gasteiger partial charge in [0.05, 0.1) is 12.2 Å². The fraction of sp³-hybridized carbons (Fsp3) is 0.238. The van der Waals surface area contributed by atoms with Gasteiger partial charge in [0.15, 0.2) is 13.2 Å². The molecule has 10 nitrogen and oxygen atoms in total. The van der Waals surface area contributed by atoms with E-state index in [0.717, 1.165) is 11.1 Å². The van der Waals surface area contributed by atoms with E-state index in [1.54, 1.807) is 0 Å². The first-order chi connectivity index (χ1) is 15.1. The third-order valence-electron chi connectivity index (χ3n) is 4.29. The number of hydrogen-bond donors (Lipinski definition) is 0. The smallest absolute Gasteiger partial charge is 0.330 e. The number of benzene rings is 2. The Bertz CT molecular complexity index is 1170. The number of para-hydroxylation sites is 1. The molecule has 0 N–H and O–H groups in total. The van der Waals surface area contributed by atoms with Crippen LogP contribution in [0.3, 0.4) is 0 Å². The predicted molar refractivity (Wildman–Crippen MR) is 109 cm³/mol. The van der Waals surface area contributed by atoms with Crippen LogP contribution in [-0.4, -0.2) is 42.9 Å². The number of aromatic nitrogens is 6. The van der Waals surface area contributed by atoms with Gasteiger partial charge in [0.25, 0.3) is 5.89 Å². The molecule has 2 heterocycles. The maximum absolute atomic E-state index is 12.1. The molecular formula is C21H20N6O4. The molecule has 158 valence electrons. The average Bonchev–Trinajstić information content (AvgIpc) is 3.43. The number of aryl methyl sites for hydroxylation is 1. The van der Waals surface area contributed by atoms with Crippen LogP contribution in [0.25, 0.3) is 22.8 Å². The van der Waals surface area contributed by atoms with E-state index in [0.29, 0.717) is 29.6 Å². The normalized spacial score (nSPS) is 10.8. The van der Waals surface area contributed by atoms with Gasteiger partial charge in [0.2, 0.25) is 11.6 Å². The van der Waals surface area contributed by atoms with Gasteiger partial charge in [-0.3, -0.25) is 0 Å². The molecule has 0 bridgehead atoms. The van der Waals surface area contributed by atoms with E-state index >= 15 is 0 Å². The molecular weight excluding hydrogens is 400 g/mol. The summed E-state index contributed by atoms with van der Waals surface area (Å²) in [5, 5.41) is 16.0. The molecule has 0 unspecified atom stereocenters. The molecule has 0 aliphatic carbocycles. The molecule has 2 aromatic carbocycles. The predicted octanol–water partition coefficient (Wildman–Crippen LogP) is 2.84. The highest BCUT2D eigenvalue weighted by atomic mass is 16.6. The molecule has 0 spiro atoms. The van der Waals surface area contributed by atoms with Crippen molar-refractivity contribution in [2.75, 3.05) is 6.61 Å². The zero-order chi connectivity index (χ0) is 21.6. The van der Waals surface area contributed by atoms with Gasteiger partial charge in [-0.25, -0.2) is 4.79 Å². The highest BCUT2D eigenvalue weighted by molar-refractivity contribution is 5.69. The molecule has 10 heteroatoms. The van der Waals surface area contributed by atoms with Gasteiger partial charge in [0, 0.05) is 5.56 Å². The van der Waals surface area contributed by atoms with Crippen molar-refractivity contribution in [1.82, 2.24) is 30.3 Å². The van der Waals surface area contributed by atoms with Crippen molar-refractivity contribution in [3.8, 4) is 28.5 Å². The molecule has 0 radical (unpaired) electrons. The number of ether oxygens (including phenoxy) is 2. The minimum absolute atomic E-state index is 0.165. The first-order valence-electron chi connectivity index (χ1n) is 9.67. The van der Waals surface area contributed by atoms with E-state index in [4.69, 9.17) is 14.0 Å². The summed E-state index contributed by atoms with van der Waals surface area (Å²) in [5.74, 6) is 1.05. The van der Waals surface area contributed by atoms with Gasteiger partial charge in [-0.05, 0) is 31.2 Å². The van der Waals surface area contributed by atoms with Crippen molar-refractivity contribution in [3.05, 3.63) is 60.0 Å². The first-order valence-corrected chi connectivity index (χ1v) is 9.67. The molecule has 0 aliphatic heterocycles. The number of hydrogen-bond acceptors (Lipinski definition) is 9. The highest BCUT2D eigenvalue weighted by Crippen LogP contribution is 2.27. The summed E-state index contributed by atoms with van der Waals surface area (Å²) < 4.78 is 16.0. The fourth-order valence-corrected chi connectivity index (χ4v) is 2.79. The summed E-state index contributed by atoms with van der Waals surface area (Å²) in [6.45, 7) is 4.05. The van der Waals surface area contributed by atoms with E-state index in [2.05, 4.69) is 25.6 Å². The molecule has 0 atom stereocenters. The Morgan fingerprint density at radius 2 is 1.90 bits per heavy atom. The Morgan fingerprint density at radius 3 is 2.71 bits per heavy atom. The van der Waals surface area contributed by atoms with Crippen LogP contribution < -0.4 is 4.74 Å². The molecule has 4 rings (SSSR count). The van der Waals surface area contributed by atoms with Gasteiger partial charge < -0.3 is 14.0 Å². The van der Waals surface area contributed by atoms with E-state index in [1.807, 2.05) is 62.4 Å². The van der Waals surface area contributed by atoms with Gasteiger partial charge in [-0.15, -0.1) is 10.2 Å². The van der Waals surface area contributed by atoms with E-state index in [-0.39, 0.29) is 19.0 Å². The number of carbonyl (C=O) groups excluding carboxylic acids is 1. The first kappa shape index (κ1) is 20.2. The Balaban J connectivity index is 1.34.